The van der Waals surface area contributed by atoms with E-state index < -0.39 is 0 Å². The number of hydrogen-bond donors (Lipinski definition) is 1. The van der Waals surface area contributed by atoms with Gasteiger partial charge in [-0.2, -0.15) is 5.10 Å². The van der Waals surface area contributed by atoms with Gasteiger partial charge in [0.25, 0.3) is 0 Å². The van der Waals surface area contributed by atoms with Gasteiger partial charge in [-0.15, -0.1) is 0 Å². The molecule has 1 aromatic heterocycles. The molecule has 2 atom stereocenters. The maximum Gasteiger partial charge on any atom is 0.131 e. The van der Waals surface area contributed by atoms with Crippen molar-refractivity contribution in [3.8, 4) is 0 Å². The van der Waals surface area contributed by atoms with E-state index in [0.29, 0.717) is 12.0 Å². The van der Waals surface area contributed by atoms with E-state index in [-0.39, 0.29) is 0 Å². The van der Waals surface area contributed by atoms with Gasteiger partial charge in [0.1, 0.15) is 5.82 Å². The lowest BCUT2D eigenvalue weighted by atomic mass is 10.1. The Hall–Kier alpha value is -1.07. The molecule has 1 aromatic rings. The third kappa shape index (κ3) is 2.62. The van der Waals surface area contributed by atoms with Crippen LogP contribution in [-0.2, 0) is 13.6 Å². The predicted octanol–water partition coefficient (Wildman–Crippen LogP) is 0.834. The topological polar surface area (TPSA) is 36.3 Å². The second kappa shape index (κ2) is 5.51. The molecule has 5 nitrogen and oxygen atoms in total. The molecule has 1 saturated heterocycles. The molecule has 0 spiro atoms. The molecule has 2 unspecified atom stereocenters. The van der Waals surface area contributed by atoms with E-state index in [9.17, 15) is 0 Å². The first-order chi connectivity index (χ1) is 8.95. The highest BCUT2D eigenvalue weighted by atomic mass is 15.4. The molecule has 0 bridgehead atoms. The molecule has 0 amide bonds. The SMILES string of the molecule is CNCc1c(C)nn(C)c1N1CC(C)C(N(C)C)C1. The summed E-state index contributed by atoms with van der Waals surface area (Å²) in [6, 6.07) is 0.623. The lowest BCUT2D eigenvalue weighted by molar-refractivity contribution is 0.266. The minimum absolute atomic E-state index is 0.623. The van der Waals surface area contributed by atoms with Crippen LogP contribution in [0.1, 0.15) is 18.2 Å². The minimum Gasteiger partial charge on any atom is -0.355 e. The average molecular weight is 265 g/mol. The number of rotatable bonds is 4. The van der Waals surface area contributed by atoms with Crippen molar-refractivity contribution in [3.05, 3.63) is 11.3 Å². The first-order valence-electron chi connectivity index (χ1n) is 7.04. The van der Waals surface area contributed by atoms with Crippen molar-refractivity contribution in [3.63, 3.8) is 0 Å². The summed E-state index contributed by atoms with van der Waals surface area (Å²) < 4.78 is 2.03. The van der Waals surface area contributed by atoms with Crippen LogP contribution in [0.4, 0.5) is 5.82 Å². The maximum atomic E-state index is 4.59. The molecule has 1 N–H and O–H groups in total. The molecular weight excluding hydrogens is 238 g/mol. The van der Waals surface area contributed by atoms with Gasteiger partial charge in [-0.05, 0) is 34.0 Å². The quantitative estimate of drug-likeness (QED) is 0.875. The smallest absolute Gasteiger partial charge is 0.131 e. The first-order valence-corrected chi connectivity index (χ1v) is 7.04. The highest BCUT2D eigenvalue weighted by molar-refractivity contribution is 5.51. The fraction of sp³-hybridized carbons (Fsp3) is 0.786. The summed E-state index contributed by atoms with van der Waals surface area (Å²) in [5.41, 5.74) is 2.46. The van der Waals surface area contributed by atoms with Gasteiger partial charge >= 0.3 is 0 Å². The van der Waals surface area contributed by atoms with Gasteiger partial charge < -0.3 is 15.1 Å². The van der Waals surface area contributed by atoms with Gasteiger partial charge in [0.15, 0.2) is 0 Å². The Kier molecular flexibility index (Phi) is 4.16. The molecular formula is C14H27N5. The molecule has 0 saturated carbocycles. The zero-order chi connectivity index (χ0) is 14.2. The van der Waals surface area contributed by atoms with E-state index >= 15 is 0 Å². The van der Waals surface area contributed by atoms with Crippen LogP contribution in [0.15, 0.2) is 0 Å². The van der Waals surface area contributed by atoms with Crippen LogP contribution in [0.3, 0.4) is 0 Å². The number of nitrogens with one attached hydrogen (secondary N) is 1. The number of likely N-dealkylation sites (N-methyl/N-ethyl adjacent to an activating group) is 1. The van der Waals surface area contributed by atoms with Gasteiger partial charge in [0.2, 0.25) is 0 Å². The standard InChI is InChI=1S/C14H27N5/c1-10-8-19(9-13(10)17(4)5)14-12(7-15-3)11(2)16-18(14)6/h10,13,15H,7-9H2,1-6H3. The van der Waals surface area contributed by atoms with Crippen LogP contribution in [0.5, 0.6) is 0 Å². The molecule has 2 heterocycles. The highest BCUT2D eigenvalue weighted by Crippen LogP contribution is 2.30. The minimum atomic E-state index is 0.623. The van der Waals surface area contributed by atoms with Crippen molar-refractivity contribution in [1.29, 1.82) is 0 Å². The van der Waals surface area contributed by atoms with Gasteiger partial charge in [0.05, 0.1) is 5.69 Å². The number of anilines is 1. The normalized spacial score (nSPS) is 23.6. The summed E-state index contributed by atoms with van der Waals surface area (Å²) >= 11 is 0. The van der Waals surface area contributed by atoms with E-state index in [0.717, 1.165) is 25.3 Å². The summed E-state index contributed by atoms with van der Waals surface area (Å²) in [5, 5.41) is 7.85. The number of aryl methyl sites for hydroxylation is 2. The van der Waals surface area contributed by atoms with Gasteiger partial charge in [-0.25, -0.2) is 0 Å². The fourth-order valence-corrected chi connectivity index (χ4v) is 3.26. The summed E-state index contributed by atoms with van der Waals surface area (Å²) in [7, 11) is 8.39. The van der Waals surface area contributed by atoms with Gasteiger partial charge in [0, 0.05) is 38.3 Å². The molecule has 0 aromatic carbocycles. The average Bonchev–Trinajstić information content (AvgIpc) is 2.81. The summed E-state index contributed by atoms with van der Waals surface area (Å²) in [5.74, 6) is 1.97. The Balaban J connectivity index is 2.28. The van der Waals surface area contributed by atoms with Crippen molar-refractivity contribution in [2.75, 3.05) is 39.1 Å². The van der Waals surface area contributed by atoms with E-state index in [4.69, 9.17) is 0 Å². The molecule has 1 aliphatic rings. The number of hydrogen-bond acceptors (Lipinski definition) is 4. The van der Waals surface area contributed by atoms with Crippen LogP contribution in [0.25, 0.3) is 0 Å². The van der Waals surface area contributed by atoms with E-state index in [1.54, 1.807) is 0 Å². The number of nitrogens with zero attached hydrogens (tertiary/aromatic N) is 4. The Morgan fingerprint density at radius 2 is 2.05 bits per heavy atom. The van der Waals surface area contributed by atoms with Gasteiger partial charge in [-0.1, -0.05) is 6.92 Å². The summed E-state index contributed by atoms with van der Waals surface area (Å²) in [6.45, 7) is 7.51. The van der Waals surface area contributed by atoms with E-state index in [1.807, 2.05) is 11.7 Å². The van der Waals surface area contributed by atoms with Gasteiger partial charge in [-0.3, -0.25) is 4.68 Å². The molecule has 1 fully saturated rings. The monoisotopic (exact) mass is 265 g/mol. The molecule has 1 aliphatic heterocycles. The van der Waals surface area contributed by atoms with Crippen molar-refractivity contribution in [2.45, 2.75) is 26.4 Å². The van der Waals surface area contributed by atoms with Crippen LogP contribution in [-0.4, -0.2) is 55.0 Å². The molecule has 5 heteroatoms. The van der Waals surface area contributed by atoms with E-state index in [2.05, 4.69) is 55.2 Å². The van der Waals surface area contributed by atoms with Crippen LogP contribution in [0, 0.1) is 12.8 Å². The summed E-state index contributed by atoms with van der Waals surface area (Å²) in [4.78, 5) is 4.83. The Bertz CT molecular complexity index is 437. The van der Waals surface area contributed by atoms with E-state index in [1.165, 1.54) is 11.4 Å². The van der Waals surface area contributed by atoms with Crippen LogP contribution >= 0.6 is 0 Å². The van der Waals surface area contributed by atoms with Crippen molar-refractivity contribution in [1.82, 2.24) is 20.0 Å². The Labute approximate surface area is 116 Å². The second-order valence-electron chi connectivity index (χ2n) is 5.95. The van der Waals surface area contributed by atoms with Crippen molar-refractivity contribution < 1.29 is 0 Å². The second-order valence-corrected chi connectivity index (χ2v) is 5.95. The largest absolute Gasteiger partial charge is 0.355 e. The Morgan fingerprint density at radius 1 is 1.37 bits per heavy atom. The molecule has 0 aliphatic carbocycles. The zero-order valence-electron chi connectivity index (χ0n) is 13.1. The predicted molar refractivity (Wildman–Crippen MR) is 79.6 cm³/mol. The first kappa shape index (κ1) is 14.3. The molecule has 0 radical (unpaired) electrons. The lowest BCUT2D eigenvalue weighted by Crippen LogP contribution is -2.34. The molecule has 2 rings (SSSR count). The maximum absolute atomic E-state index is 4.59. The molecule has 108 valence electrons. The number of aromatic nitrogens is 2. The molecule has 19 heavy (non-hydrogen) atoms. The summed E-state index contributed by atoms with van der Waals surface area (Å²) in [6.07, 6.45) is 0. The van der Waals surface area contributed by atoms with Crippen molar-refractivity contribution in [2.24, 2.45) is 13.0 Å². The third-order valence-corrected chi connectivity index (χ3v) is 4.20. The third-order valence-electron chi connectivity index (χ3n) is 4.20. The lowest BCUT2D eigenvalue weighted by Gasteiger charge is -2.23. The van der Waals surface area contributed by atoms with Crippen molar-refractivity contribution >= 4 is 5.82 Å². The van der Waals surface area contributed by atoms with Crippen LogP contribution < -0.4 is 10.2 Å². The Morgan fingerprint density at radius 3 is 2.58 bits per heavy atom. The zero-order valence-corrected chi connectivity index (χ0v) is 13.1. The highest BCUT2D eigenvalue weighted by Gasteiger charge is 2.33. The fourth-order valence-electron chi connectivity index (χ4n) is 3.26. The van der Waals surface area contributed by atoms with Crippen LogP contribution in [0.2, 0.25) is 0 Å².